The zero-order valence-electron chi connectivity index (χ0n) is 18.0. The van der Waals surface area contributed by atoms with Gasteiger partial charge in [0, 0.05) is 24.2 Å². The maximum absolute atomic E-state index is 11.8. The van der Waals surface area contributed by atoms with Gasteiger partial charge in [0.05, 0.1) is 13.7 Å². The number of piperidine rings is 1. The van der Waals surface area contributed by atoms with Crippen LogP contribution in [0.15, 0.2) is 42.5 Å². The Morgan fingerprint density at radius 2 is 1.93 bits per heavy atom. The molecular weight excluding hydrogens is 376 g/mol. The van der Waals surface area contributed by atoms with E-state index in [1.165, 1.54) is 18.4 Å². The van der Waals surface area contributed by atoms with Crippen molar-refractivity contribution in [3.8, 4) is 11.5 Å². The van der Waals surface area contributed by atoms with Crippen LogP contribution in [0.5, 0.6) is 11.5 Å². The molecule has 5 nitrogen and oxygen atoms in total. The van der Waals surface area contributed by atoms with Gasteiger partial charge in [-0.2, -0.15) is 0 Å². The molecule has 0 aromatic heterocycles. The molecular formula is C25H32N2O3. The maximum Gasteiger partial charge on any atom is 0.224 e. The summed E-state index contributed by atoms with van der Waals surface area (Å²) < 4.78 is 11.5. The highest BCUT2D eigenvalue weighted by molar-refractivity contribution is 5.95. The molecule has 30 heavy (non-hydrogen) atoms. The molecule has 1 atom stereocenters. The normalized spacial score (nSPS) is 19.8. The fraction of sp³-hybridized carbons (Fsp3) is 0.480. The molecule has 0 saturated carbocycles. The minimum Gasteiger partial charge on any atom is -0.497 e. The van der Waals surface area contributed by atoms with Crippen LogP contribution in [0, 0.1) is 0 Å². The van der Waals surface area contributed by atoms with Gasteiger partial charge in [-0.25, -0.2) is 0 Å². The smallest absolute Gasteiger partial charge is 0.224 e. The van der Waals surface area contributed by atoms with Gasteiger partial charge in [0.15, 0.2) is 0 Å². The van der Waals surface area contributed by atoms with Gasteiger partial charge in [0.1, 0.15) is 11.5 Å². The second-order valence-corrected chi connectivity index (χ2v) is 8.47. The summed E-state index contributed by atoms with van der Waals surface area (Å²) in [5, 5.41) is 2.96. The lowest BCUT2D eigenvalue weighted by atomic mass is 9.89. The van der Waals surface area contributed by atoms with E-state index in [1.807, 2.05) is 24.3 Å². The van der Waals surface area contributed by atoms with Crippen molar-refractivity contribution in [2.45, 2.75) is 44.4 Å². The number of rotatable bonds is 7. The highest BCUT2D eigenvalue weighted by Crippen LogP contribution is 2.38. The Morgan fingerprint density at radius 3 is 2.73 bits per heavy atom. The van der Waals surface area contributed by atoms with Crippen molar-refractivity contribution < 1.29 is 14.3 Å². The van der Waals surface area contributed by atoms with E-state index < -0.39 is 0 Å². The molecule has 0 spiro atoms. The van der Waals surface area contributed by atoms with Crippen molar-refractivity contribution in [3.63, 3.8) is 0 Å². The minimum atomic E-state index is 0.0875. The number of methoxy groups -OCH3 is 1. The van der Waals surface area contributed by atoms with Gasteiger partial charge in [0.25, 0.3) is 0 Å². The number of benzene rings is 2. The molecule has 0 radical (unpaired) electrons. The Balaban J connectivity index is 1.23. The second-order valence-electron chi connectivity index (χ2n) is 8.47. The Hall–Kier alpha value is -2.53. The van der Waals surface area contributed by atoms with Gasteiger partial charge >= 0.3 is 0 Å². The first-order valence-electron chi connectivity index (χ1n) is 11.1. The first-order chi connectivity index (χ1) is 14.6. The Kier molecular flexibility index (Phi) is 6.58. The number of hydrogen-bond acceptors (Lipinski definition) is 4. The molecule has 2 aromatic rings. The van der Waals surface area contributed by atoms with Gasteiger partial charge < -0.3 is 19.7 Å². The standard InChI is InChI=1S/C25H32N2O3/c1-18-16-24(28)26-22-8-4-9-23(25(18)22)30-15-5-12-27-13-10-19(11-14-27)20-6-3-7-21(17-20)29-2/h3-4,6-9,17-19H,5,10-16H2,1-2H3,(H,26,28). The zero-order chi connectivity index (χ0) is 20.9. The van der Waals surface area contributed by atoms with E-state index in [0.29, 0.717) is 18.9 Å². The number of fused-ring (bicyclic) bond motifs is 1. The van der Waals surface area contributed by atoms with E-state index in [9.17, 15) is 4.79 Å². The number of hydrogen-bond donors (Lipinski definition) is 1. The van der Waals surface area contributed by atoms with Gasteiger partial charge in [0.2, 0.25) is 5.91 Å². The number of likely N-dealkylation sites (tertiary alicyclic amines) is 1. The van der Waals surface area contributed by atoms with Crippen LogP contribution in [0.1, 0.15) is 55.6 Å². The molecule has 2 aromatic carbocycles. The average Bonchev–Trinajstić information content (AvgIpc) is 2.77. The van der Waals surface area contributed by atoms with Crippen molar-refractivity contribution in [3.05, 3.63) is 53.6 Å². The van der Waals surface area contributed by atoms with Gasteiger partial charge in [-0.3, -0.25) is 4.79 Å². The molecule has 1 saturated heterocycles. The largest absolute Gasteiger partial charge is 0.497 e. The summed E-state index contributed by atoms with van der Waals surface area (Å²) in [6, 6.07) is 14.4. The Labute approximate surface area is 179 Å². The van der Waals surface area contributed by atoms with E-state index in [1.54, 1.807) is 7.11 Å². The fourth-order valence-electron chi connectivity index (χ4n) is 4.72. The fourth-order valence-corrected chi connectivity index (χ4v) is 4.72. The van der Waals surface area contributed by atoms with E-state index in [4.69, 9.17) is 9.47 Å². The molecule has 2 aliphatic rings. The van der Waals surface area contributed by atoms with Crippen LogP contribution in [-0.2, 0) is 4.79 Å². The Morgan fingerprint density at radius 1 is 1.13 bits per heavy atom. The highest BCUT2D eigenvalue weighted by atomic mass is 16.5. The number of amides is 1. The number of carbonyl (C=O) groups excluding carboxylic acids is 1. The number of anilines is 1. The Bertz CT molecular complexity index is 874. The summed E-state index contributed by atoms with van der Waals surface area (Å²) in [5.41, 5.74) is 3.43. The van der Waals surface area contributed by atoms with Crippen LogP contribution in [0.3, 0.4) is 0 Å². The number of nitrogens with one attached hydrogen (secondary N) is 1. The van der Waals surface area contributed by atoms with E-state index in [0.717, 1.165) is 48.8 Å². The third-order valence-electron chi connectivity index (χ3n) is 6.35. The third kappa shape index (κ3) is 4.78. The number of ether oxygens (including phenoxy) is 2. The molecule has 2 aliphatic heterocycles. The second kappa shape index (κ2) is 9.52. The summed E-state index contributed by atoms with van der Waals surface area (Å²) in [6.45, 7) is 6.12. The molecule has 5 heteroatoms. The monoisotopic (exact) mass is 408 g/mol. The van der Waals surface area contributed by atoms with Crippen molar-refractivity contribution in [2.75, 3.05) is 38.7 Å². The van der Waals surface area contributed by atoms with Crippen LogP contribution >= 0.6 is 0 Å². The van der Waals surface area contributed by atoms with Crippen molar-refractivity contribution in [1.82, 2.24) is 4.90 Å². The predicted octanol–water partition coefficient (Wildman–Crippen LogP) is 4.79. The first-order valence-corrected chi connectivity index (χ1v) is 11.1. The molecule has 160 valence electrons. The van der Waals surface area contributed by atoms with Crippen LogP contribution in [0.25, 0.3) is 0 Å². The molecule has 0 bridgehead atoms. The van der Waals surface area contributed by atoms with Gasteiger partial charge in [-0.05, 0) is 74.0 Å². The van der Waals surface area contributed by atoms with Crippen molar-refractivity contribution in [2.24, 2.45) is 0 Å². The van der Waals surface area contributed by atoms with Crippen LogP contribution < -0.4 is 14.8 Å². The van der Waals surface area contributed by atoms with E-state index in [2.05, 4.69) is 35.3 Å². The van der Waals surface area contributed by atoms with Gasteiger partial charge in [-0.1, -0.05) is 25.1 Å². The van der Waals surface area contributed by atoms with Crippen LogP contribution in [0.4, 0.5) is 5.69 Å². The molecule has 1 unspecified atom stereocenters. The summed E-state index contributed by atoms with van der Waals surface area (Å²) in [5.74, 6) is 2.77. The minimum absolute atomic E-state index is 0.0875. The van der Waals surface area contributed by atoms with E-state index >= 15 is 0 Å². The third-order valence-corrected chi connectivity index (χ3v) is 6.35. The first kappa shape index (κ1) is 20.7. The highest BCUT2D eigenvalue weighted by Gasteiger charge is 2.25. The summed E-state index contributed by atoms with van der Waals surface area (Å²) in [4.78, 5) is 14.3. The summed E-state index contributed by atoms with van der Waals surface area (Å²) in [7, 11) is 1.73. The zero-order valence-corrected chi connectivity index (χ0v) is 18.0. The summed E-state index contributed by atoms with van der Waals surface area (Å²) >= 11 is 0. The van der Waals surface area contributed by atoms with Crippen molar-refractivity contribution >= 4 is 11.6 Å². The predicted molar refractivity (Wildman–Crippen MR) is 120 cm³/mol. The number of carbonyl (C=O) groups is 1. The van der Waals surface area contributed by atoms with Crippen molar-refractivity contribution in [1.29, 1.82) is 0 Å². The molecule has 1 N–H and O–H groups in total. The lowest BCUT2D eigenvalue weighted by Gasteiger charge is -2.32. The molecule has 0 aliphatic carbocycles. The molecule has 1 amide bonds. The molecule has 4 rings (SSSR count). The lowest BCUT2D eigenvalue weighted by molar-refractivity contribution is -0.116. The summed E-state index contributed by atoms with van der Waals surface area (Å²) in [6.07, 6.45) is 3.92. The van der Waals surface area contributed by atoms with E-state index in [-0.39, 0.29) is 11.8 Å². The lowest BCUT2D eigenvalue weighted by Crippen LogP contribution is -2.34. The number of nitrogens with zero attached hydrogens (tertiary/aromatic N) is 1. The van der Waals surface area contributed by atoms with Crippen LogP contribution in [-0.4, -0.2) is 44.2 Å². The SMILES string of the molecule is COc1cccc(C2CCN(CCCOc3cccc4c3C(C)CC(=O)N4)CC2)c1. The topological polar surface area (TPSA) is 50.8 Å². The molecule has 1 fully saturated rings. The van der Waals surface area contributed by atoms with Crippen LogP contribution in [0.2, 0.25) is 0 Å². The average molecular weight is 409 g/mol. The maximum atomic E-state index is 11.8. The quantitative estimate of drug-likeness (QED) is 0.670. The van der Waals surface area contributed by atoms with Gasteiger partial charge in [-0.15, -0.1) is 0 Å². The molecule has 2 heterocycles.